The van der Waals surface area contributed by atoms with Crippen molar-refractivity contribution in [3.8, 4) is 17.1 Å². The summed E-state index contributed by atoms with van der Waals surface area (Å²) in [5.74, 6) is 0.761. The van der Waals surface area contributed by atoms with Crippen molar-refractivity contribution in [3.63, 3.8) is 0 Å². The molecule has 1 aliphatic rings. The van der Waals surface area contributed by atoms with Gasteiger partial charge in [0.05, 0.1) is 18.1 Å². The van der Waals surface area contributed by atoms with Crippen molar-refractivity contribution >= 4 is 0 Å². The third-order valence-corrected chi connectivity index (χ3v) is 4.73. The first kappa shape index (κ1) is 19.4. The smallest absolute Gasteiger partial charge is 0.471 e. The minimum Gasteiger partial charge on any atom is -0.492 e. The number of aromatic amines is 1. The zero-order valence-corrected chi connectivity index (χ0v) is 16.2. The van der Waals surface area contributed by atoms with Crippen LogP contribution in [-0.2, 0) is 6.18 Å². The van der Waals surface area contributed by atoms with Gasteiger partial charge in [0.25, 0.3) is 0 Å². The maximum atomic E-state index is 12.8. The number of benzene rings is 1. The maximum absolute atomic E-state index is 12.8. The van der Waals surface area contributed by atoms with Gasteiger partial charge in [-0.05, 0) is 43.9 Å². The molecule has 10 heteroatoms. The van der Waals surface area contributed by atoms with Crippen molar-refractivity contribution in [2.75, 3.05) is 6.61 Å². The van der Waals surface area contributed by atoms with Gasteiger partial charge in [0.2, 0.25) is 5.82 Å². The number of alkyl halides is 3. The number of ether oxygens (including phenoxy) is 1. The molecule has 1 saturated carbocycles. The highest BCUT2D eigenvalue weighted by Crippen LogP contribution is 2.38. The maximum Gasteiger partial charge on any atom is 0.471 e. The largest absolute Gasteiger partial charge is 0.492 e. The first-order valence-electron chi connectivity index (χ1n) is 9.30. The molecule has 1 atom stereocenters. The second kappa shape index (κ2) is 7.16. The summed E-state index contributed by atoms with van der Waals surface area (Å²) < 4.78 is 48.9. The van der Waals surface area contributed by atoms with E-state index in [1.54, 1.807) is 6.07 Å². The molecule has 1 aliphatic carbocycles. The number of aryl methyl sites for hydroxylation is 2. The predicted octanol–water partition coefficient (Wildman–Crippen LogP) is 4.55. The van der Waals surface area contributed by atoms with Crippen LogP contribution in [0.4, 0.5) is 13.2 Å². The summed E-state index contributed by atoms with van der Waals surface area (Å²) in [6, 6.07) is 3.56. The first-order valence-corrected chi connectivity index (χ1v) is 9.30. The molecule has 7 nitrogen and oxygen atoms in total. The van der Waals surface area contributed by atoms with Crippen LogP contribution in [0, 0.1) is 13.8 Å². The number of aromatic nitrogens is 5. The number of halogens is 3. The molecule has 1 N–H and O–H groups in total. The number of H-pyrrole nitrogens is 1. The van der Waals surface area contributed by atoms with E-state index in [4.69, 9.17) is 4.74 Å². The molecular formula is C19H20F3N5O2. The van der Waals surface area contributed by atoms with E-state index < -0.39 is 12.1 Å². The molecule has 0 radical (unpaired) electrons. The molecule has 0 amide bonds. The van der Waals surface area contributed by atoms with Crippen molar-refractivity contribution in [1.29, 1.82) is 0 Å². The third kappa shape index (κ3) is 4.10. The van der Waals surface area contributed by atoms with Gasteiger partial charge in [-0.15, -0.1) is 0 Å². The zero-order valence-electron chi connectivity index (χ0n) is 16.2. The van der Waals surface area contributed by atoms with Gasteiger partial charge in [-0.1, -0.05) is 18.1 Å². The predicted molar refractivity (Wildman–Crippen MR) is 96.5 cm³/mol. The van der Waals surface area contributed by atoms with E-state index in [0.29, 0.717) is 23.1 Å². The topological polar surface area (TPSA) is 89.7 Å². The lowest BCUT2D eigenvalue weighted by Crippen LogP contribution is -2.10. The standard InChI is InChI=1S/C19H20F3N5O2/c1-9-6-10(2)14(13(7-9)17-24-18(29-27-17)19(20,21)22)28-8-11(3)15-23-16(26-25-15)12-4-5-12/h6-7,11-12H,4-5,8H2,1-3H3,(H,23,25,26). The fraction of sp³-hybridized carbons (Fsp3) is 0.474. The Bertz CT molecular complexity index is 1020. The summed E-state index contributed by atoms with van der Waals surface area (Å²) in [6.45, 7) is 5.84. The second-order valence-electron chi connectivity index (χ2n) is 7.44. The van der Waals surface area contributed by atoms with Gasteiger partial charge in [0.1, 0.15) is 11.6 Å². The van der Waals surface area contributed by atoms with Crippen LogP contribution in [-0.4, -0.2) is 31.9 Å². The van der Waals surface area contributed by atoms with Gasteiger partial charge in [0, 0.05) is 5.92 Å². The number of hydrogen-bond donors (Lipinski definition) is 1. The SMILES string of the molecule is Cc1cc(C)c(OCC(C)c2n[nH]c(C3CC3)n2)c(-c2noc(C(F)(F)F)n2)c1. The second-order valence-corrected chi connectivity index (χ2v) is 7.44. The van der Waals surface area contributed by atoms with Crippen molar-refractivity contribution < 1.29 is 22.4 Å². The molecule has 154 valence electrons. The van der Waals surface area contributed by atoms with Crippen LogP contribution < -0.4 is 4.74 Å². The molecule has 29 heavy (non-hydrogen) atoms. The Balaban J connectivity index is 1.57. The molecule has 1 unspecified atom stereocenters. The average Bonchev–Trinajstić information content (AvgIpc) is 3.17. The van der Waals surface area contributed by atoms with Gasteiger partial charge >= 0.3 is 12.1 Å². The molecule has 1 aromatic carbocycles. The fourth-order valence-electron chi connectivity index (χ4n) is 3.09. The van der Waals surface area contributed by atoms with Crippen molar-refractivity contribution in [2.45, 2.75) is 51.6 Å². The highest BCUT2D eigenvalue weighted by molar-refractivity contribution is 5.67. The van der Waals surface area contributed by atoms with Crippen molar-refractivity contribution in [3.05, 3.63) is 40.8 Å². The van der Waals surface area contributed by atoms with Crippen molar-refractivity contribution in [2.24, 2.45) is 0 Å². The van der Waals surface area contributed by atoms with Gasteiger partial charge in [-0.25, -0.2) is 4.98 Å². The summed E-state index contributed by atoms with van der Waals surface area (Å²) in [5, 5.41) is 10.7. The lowest BCUT2D eigenvalue weighted by Gasteiger charge is -2.15. The summed E-state index contributed by atoms with van der Waals surface area (Å²) in [6.07, 6.45) is -2.46. The van der Waals surface area contributed by atoms with Crippen LogP contribution in [0.1, 0.15) is 60.3 Å². The molecule has 1 fully saturated rings. The highest BCUT2D eigenvalue weighted by atomic mass is 19.4. The Morgan fingerprint density at radius 2 is 2.00 bits per heavy atom. The van der Waals surface area contributed by atoms with E-state index in [9.17, 15) is 13.2 Å². The molecule has 2 aromatic heterocycles. The number of rotatable bonds is 6. The number of hydrogen-bond acceptors (Lipinski definition) is 6. The van der Waals surface area contributed by atoms with E-state index in [1.165, 1.54) is 0 Å². The fourth-order valence-corrected chi connectivity index (χ4v) is 3.09. The molecule has 0 spiro atoms. The minimum atomic E-state index is -4.70. The molecule has 4 rings (SSSR count). The lowest BCUT2D eigenvalue weighted by molar-refractivity contribution is -0.159. The molecular weight excluding hydrogens is 387 g/mol. The molecule has 0 saturated heterocycles. The van der Waals surface area contributed by atoms with Gasteiger partial charge < -0.3 is 9.26 Å². The van der Waals surface area contributed by atoms with E-state index in [0.717, 1.165) is 29.8 Å². The van der Waals surface area contributed by atoms with Crippen LogP contribution >= 0.6 is 0 Å². The quantitative estimate of drug-likeness (QED) is 0.645. The Labute approximate surface area is 164 Å². The summed E-state index contributed by atoms with van der Waals surface area (Å²) in [7, 11) is 0. The molecule has 0 bridgehead atoms. The van der Waals surface area contributed by atoms with Gasteiger partial charge in [-0.2, -0.15) is 23.3 Å². The Morgan fingerprint density at radius 1 is 1.24 bits per heavy atom. The van der Waals surface area contributed by atoms with Crippen LogP contribution in [0.5, 0.6) is 5.75 Å². The highest BCUT2D eigenvalue weighted by Gasteiger charge is 2.39. The van der Waals surface area contributed by atoms with Crippen LogP contribution in [0.25, 0.3) is 11.4 Å². The number of nitrogens with one attached hydrogen (secondary N) is 1. The minimum absolute atomic E-state index is 0.108. The molecule has 0 aliphatic heterocycles. The van der Waals surface area contributed by atoms with Crippen LogP contribution in [0.15, 0.2) is 16.7 Å². The summed E-state index contributed by atoms with van der Waals surface area (Å²) >= 11 is 0. The van der Waals surface area contributed by atoms with E-state index >= 15 is 0 Å². The van der Waals surface area contributed by atoms with Crippen molar-refractivity contribution in [1.82, 2.24) is 25.3 Å². The van der Waals surface area contributed by atoms with E-state index in [-0.39, 0.29) is 18.3 Å². The van der Waals surface area contributed by atoms with Crippen LogP contribution in [0.2, 0.25) is 0 Å². The van der Waals surface area contributed by atoms with Crippen LogP contribution in [0.3, 0.4) is 0 Å². The Morgan fingerprint density at radius 3 is 2.66 bits per heavy atom. The monoisotopic (exact) mass is 407 g/mol. The molecule has 3 aromatic rings. The van der Waals surface area contributed by atoms with Gasteiger partial charge in [-0.3, -0.25) is 5.10 Å². The summed E-state index contributed by atoms with van der Waals surface area (Å²) in [4.78, 5) is 8.02. The Hall–Kier alpha value is -2.91. The molecule has 2 heterocycles. The summed E-state index contributed by atoms with van der Waals surface area (Å²) in [5.41, 5.74) is 1.96. The average molecular weight is 407 g/mol. The first-order chi connectivity index (χ1) is 13.7. The zero-order chi connectivity index (χ0) is 20.8. The van der Waals surface area contributed by atoms with E-state index in [2.05, 4.69) is 29.8 Å². The van der Waals surface area contributed by atoms with Gasteiger partial charge in [0.15, 0.2) is 5.82 Å². The third-order valence-electron chi connectivity index (χ3n) is 4.73. The number of nitrogens with zero attached hydrogens (tertiary/aromatic N) is 4. The Kier molecular flexibility index (Phi) is 4.79. The van der Waals surface area contributed by atoms with E-state index in [1.807, 2.05) is 26.8 Å². The normalized spacial score (nSPS) is 15.5. The lowest BCUT2D eigenvalue weighted by atomic mass is 10.0.